The van der Waals surface area contributed by atoms with Crippen LogP contribution >= 0.6 is 215 Å². The molecular formula is C74H98Br8Cl3N13O19S5. The van der Waals surface area contributed by atoms with Crippen molar-refractivity contribution in [3.63, 3.8) is 0 Å². The van der Waals surface area contributed by atoms with Crippen molar-refractivity contribution >= 4 is 330 Å². The zero-order valence-corrected chi connectivity index (χ0v) is 90.9. The van der Waals surface area contributed by atoms with Crippen LogP contribution < -0.4 is 26.2 Å². The Labute approximate surface area is 808 Å². The number of aliphatic hydroxyl groups is 1. The highest BCUT2D eigenvalue weighted by atomic mass is 80.9. The molecule has 10 heterocycles. The fourth-order valence-electron chi connectivity index (χ4n) is 8.92. The zero-order valence-electron chi connectivity index (χ0n) is 71.9. The number of halogens is 11. The van der Waals surface area contributed by atoms with Gasteiger partial charge in [-0.2, -0.15) is 28.7 Å². The molecule has 8 aromatic heterocycles. The molecule has 6 amide bonds. The molecule has 0 unspecified atom stereocenters. The summed E-state index contributed by atoms with van der Waals surface area (Å²) in [5, 5.41) is 21.4. The first-order valence-electron chi connectivity index (χ1n) is 35.7. The fourth-order valence-corrected chi connectivity index (χ4v) is 17.5. The van der Waals surface area contributed by atoms with Gasteiger partial charge in [0.2, 0.25) is 0 Å². The van der Waals surface area contributed by atoms with Gasteiger partial charge in [-0.15, -0.1) is 72.0 Å². The number of carbonyl (C=O) groups is 9. The number of amides is 6. The lowest BCUT2D eigenvalue weighted by atomic mass is 10.2. The number of anilines is 3. The SMILES string of the molecule is BrBr.CC(C)(C)OC(=O)N(C(=O)OC(C)(C)C)c1nn(C(=O)OC(C)(C)C)c2c(Br)c(Br)sc12.CC(C)(C)OC(=O)N(C(=O)OC(C)(C)C)c1nn(C(=O)OC(C)(C)C)c2cc(Br)sc12.CC(C)(C)OC(=O)N(C(=O)OC(C)(C)C)c1nn(C(=O)OC(C)(C)C)c2ccsc12.CO.ClC(Cl)Cl.NC1=NCc2c1sc(Br)c2Br.NC1=NCc2cc(Br)sc21. The molecule has 0 aromatic carbocycles. The maximum atomic E-state index is 13.0. The Bertz CT molecular complexity index is 5040. The number of rotatable bonds is 3. The molecule has 5 N–H and O–H groups in total. The largest absolute Gasteiger partial charge is 0.443 e. The van der Waals surface area contributed by atoms with E-state index in [-0.39, 0.29) is 17.5 Å². The number of aliphatic imine (C=N–C) groups is 2. The van der Waals surface area contributed by atoms with Gasteiger partial charge in [0, 0.05) is 45.4 Å². The molecule has 0 aliphatic carbocycles. The number of aromatic nitrogens is 6. The first kappa shape index (κ1) is 111. The third kappa shape index (κ3) is 34.6. The van der Waals surface area contributed by atoms with Gasteiger partial charge in [-0.1, -0.05) is 34.8 Å². The number of amidine groups is 2. The predicted molar refractivity (Wildman–Crippen MR) is 514 cm³/mol. The summed E-state index contributed by atoms with van der Waals surface area (Å²) in [4.78, 5) is 129. The fraction of sp³-hybridized carbons (Fsp3) is 0.541. The van der Waals surface area contributed by atoms with Crippen molar-refractivity contribution < 1.29 is 90.9 Å². The second-order valence-electron chi connectivity index (χ2n) is 33.9. The Balaban J connectivity index is 0.000000404. The van der Waals surface area contributed by atoms with Crippen LogP contribution in [0.5, 0.6) is 0 Å². The highest BCUT2D eigenvalue weighted by Gasteiger charge is 2.42. The molecule has 680 valence electrons. The van der Waals surface area contributed by atoms with Crippen molar-refractivity contribution in [2.75, 3.05) is 21.8 Å². The van der Waals surface area contributed by atoms with E-state index in [4.69, 9.17) is 94.0 Å². The highest BCUT2D eigenvalue weighted by molar-refractivity contribution is 9.93. The van der Waals surface area contributed by atoms with E-state index in [1.807, 2.05) is 0 Å². The molecule has 0 spiro atoms. The van der Waals surface area contributed by atoms with Gasteiger partial charge >= 0.3 is 54.8 Å². The summed E-state index contributed by atoms with van der Waals surface area (Å²) < 4.78 is 57.4. The maximum Gasteiger partial charge on any atom is 0.435 e. The summed E-state index contributed by atoms with van der Waals surface area (Å²) in [7, 11) is 1.00. The normalized spacial score (nSPS) is 12.6. The molecule has 2 aliphatic rings. The first-order valence-corrected chi connectivity index (χ1v) is 49.7. The maximum absolute atomic E-state index is 13.0. The lowest BCUT2D eigenvalue weighted by Crippen LogP contribution is -2.44. The number of hydrogen-bond acceptors (Lipinski definition) is 31. The highest BCUT2D eigenvalue weighted by Crippen LogP contribution is 2.46. The van der Waals surface area contributed by atoms with E-state index in [9.17, 15) is 43.2 Å². The van der Waals surface area contributed by atoms with Crippen LogP contribution in [0.3, 0.4) is 0 Å². The number of alkyl halides is 3. The summed E-state index contributed by atoms with van der Waals surface area (Å²) in [5.41, 5.74) is 7.26. The van der Waals surface area contributed by atoms with Gasteiger partial charge in [0.1, 0.15) is 72.3 Å². The Hall–Kier alpha value is -4.85. The van der Waals surface area contributed by atoms with Gasteiger partial charge in [0.15, 0.2) is 21.7 Å². The standard InChI is InChI=1S/C20H27Br2N3O6S.C20H28BrN3O6S.C20H29N3O6S.C6H4Br2N2S.C6H5BrN2S.CHCl3.CH4O.Br2/c1-18(2,3)29-15(26)24(16(27)30-19(4,5)6)14-12-11(10(21)13(22)32-12)25(23-14)17(28)31-20(7,8)9;1-18(2,3)28-15(25)23(16(26)29-19(4,5)6)14-13-11(10-12(21)31-13)24(22-14)17(27)30-20(7,8)9;1-18(2,3)27-15(24)22(16(25)28-19(4,5)6)14-13-12(10-11-30-13)23(21-14)17(26)29-20(7,8)9;7-3-2-1-10-6(9)4(2)11-5(3)8;7-4-1-3-2-9-6(8)5(3)10-4;2-1(3)4;2*1-2/h1-9H3;10H,1-9H3;10-11H,1-9H3;1H2,(H2,9,10);1H,2H2,(H2,8,9);1H;2H,1H3;. The van der Waals surface area contributed by atoms with Crippen molar-refractivity contribution in [1.29, 1.82) is 0 Å². The number of nitrogens with zero attached hydrogens (tertiary/aromatic N) is 11. The minimum absolute atomic E-state index is 0.0608. The molecule has 122 heavy (non-hydrogen) atoms. The van der Waals surface area contributed by atoms with Crippen LogP contribution in [0, 0.1) is 0 Å². The van der Waals surface area contributed by atoms with Gasteiger partial charge < -0.3 is 59.2 Å². The van der Waals surface area contributed by atoms with E-state index >= 15 is 0 Å². The lowest BCUT2D eigenvalue weighted by Gasteiger charge is -2.27. The number of aliphatic hydroxyl groups excluding tert-OH is 1. The molecule has 0 saturated carbocycles. The van der Waals surface area contributed by atoms with Crippen LogP contribution in [0.4, 0.5) is 60.6 Å². The lowest BCUT2D eigenvalue weighted by molar-refractivity contribution is 0.0405. The van der Waals surface area contributed by atoms with Crippen molar-refractivity contribution in [2.45, 2.75) is 255 Å². The minimum Gasteiger partial charge on any atom is -0.443 e. The Morgan fingerprint density at radius 2 is 0.713 bits per heavy atom. The van der Waals surface area contributed by atoms with E-state index in [1.165, 1.54) is 45.1 Å². The molecule has 10 rings (SSSR count). The number of carbonyl (C=O) groups excluding carboxylic acids is 9. The third-order valence-electron chi connectivity index (χ3n) is 12.7. The van der Waals surface area contributed by atoms with Gasteiger partial charge in [0.25, 0.3) is 0 Å². The van der Waals surface area contributed by atoms with Crippen LogP contribution in [-0.2, 0) is 55.7 Å². The molecule has 32 nitrogen and oxygen atoms in total. The van der Waals surface area contributed by atoms with Crippen molar-refractivity contribution in [1.82, 2.24) is 29.3 Å². The molecule has 0 bridgehead atoms. The van der Waals surface area contributed by atoms with E-state index in [2.05, 4.69) is 155 Å². The monoisotopic (exact) mass is 2370 g/mol. The predicted octanol–water partition coefficient (Wildman–Crippen LogP) is 26.5. The minimum atomic E-state index is -0.983. The number of nitrogens with two attached hydrogens (primary N) is 2. The second-order valence-corrected chi connectivity index (χ2v) is 47.9. The zero-order chi connectivity index (χ0) is 94.5. The number of fused-ring (bicyclic) bond motifs is 5. The summed E-state index contributed by atoms with van der Waals surface area (Å²) in [6.45, 7) is 47.2. The van der Waals surface area contributed by atoms with Crippen LogP contribution in [0.1, 0.15) is 208 Å². The molecule has 0 fully saturated rings. The van der Waals surface area contributed by atoms with Crippen LogP contribution in [0.15, 0.2) is 57.7 Å². The summed E-state index contributed by atoms with van der Waals surface area (Å²) in [6.07, 6.45) is -8.07. The van der Waals surface area contributed by atoms with Gasteiger partial charge in [0.05, 0.1) is 62.9 Å². The molecule has 8 aromatic rings. The number of thiophene rings is 5. The summed E-state index contributed by atoms with van der Waals surface area (Å²) in [5.74, 6) is 1.10. The number of imide groups is 3. The molecule has 2 aliphatic heterocycles. The first-order chi connectivity index (χ1) is 55.4. The van der Waals surface area contributed by atoms with E-state index in [1.54, 1.807) is 227 Å². The van der Waals surface area contributed by atoms with Crippen molar-refractivity contribution in [3.8, 4) is 0 Å². The molecule has 48 heteroatoms. The van der Waals surface area contributed by atoms with Gasteiger partial charge in [-0.3, -0.25) is 9.98 Å². The average molecular weight is 2380 g/mol. The summed E-state index contributed by atoms with van der Waals surface area (Å²) >= 11 is 47.3. The Kier molecular flexibility index (Phi) is 41.0. The van der Waals surface area contributed by atoms with E-state index in [0.717, 1.165) is 49.5 Å². The van der Waals surface area contributed by atoms with Crippen molar-refractivity contribution in [3.05, 3.63) is 68.6 Å². The third-order valence-corrected chi connectivity index (χ3v) is 24.0. The molecule has 0 radical (unpaired) electrons. The van der Waals surface area contributed by atoms with Crippen LogP contribution in [0.25, 0.3) is 30.6 Å². The van der Waals surface area contributed by atoms with Crippen LogP contribution in [0.2, 0.25) is 0 Å². The average Bonchev–Trinajstić information content (AvgIpc) is 1.60. The number of hydrogen-bond donors (Lipinski definition) is 3. The number of ether oxygens (including phenoxy) is 9. The summed E-state index contributed by atoms with van der Waals surface area (Å²) in [6, 6.07) is 5.38. The molecular weight excluding hydrogens is 2280 g/mol. The van der Waals surface area contributed by atoms with Crippen LogP contribution in [-0.4, -0.2) is 163 Å². The van der Waals surface area contributed by atoms with E-state index < -0.39 is 110 Å². The smallest absolute Gasteiger partial charge is 0.435 e. The Morgan fingerprint density at radius 3 is 1.07 bits per heavy atom. The topological polar surface area (TPSA) is 397 Å². The van der Waals surface area contributed by atoms with E-state index in [0.29, 0.717) is 75.6 Å². The van der Waals surface area contributed by atoms with Gasteiger partial charge in [-0.05, 0) is 312 Å². The second kappa shape index (κ2) is 44.9. The van der Waals surface area contributed by atoms with Crippen molar-refractivity contribution in [2.24, 2.45) is 21.5 Å². The molecule has 0 saturated heterocycles. The Morgan fingerprint density at radius 1 is 0.410 bits per heavy atom. The van der Waals surface area contributed by atoms with Gasteiger partial charge in [-0.25, -0.2) is 43.2 Å². The quantitative estimate of drug-likeness (QED) is 0.109. The molecule has 0 atom stereocenters.